The number of nitrogens with zero attached hydrogens (tertiary/aromatic N) is 6. The van der Waals surface area contributed by atoms with Crippen LogP contribution in [-0.4, -0.2) is 43.0 Å². The van der Waals surface area contributed by atoms with Crippen LogP contribution in [0.15, 0.2) is 24.3 Å². The van der Waals surface area contributed by atoms with E-state index in [-0.39, 0.29) is 29.7 Å². The van der Waals surface area contributed by atoms with Crippen molar-refractivity contribution in [2.45, 2.75) is 37.5 Å². The maximum atomic E-state index is 11.6. The number of esters is 1. The van der Waals surface area contributed by atoms with Crippen molar-refractivity contribution in [3.05, 3.63) is 41.5 Å². The number of nitrogen functional groups attached to an aromatic ring is 3. The molecule has 3 aromatic rings. The Morgan fingerprint density at radius 1 is 0.812 bits per heavy atom. The maximum Gasteiger partial charge on any atom is 0.337 e. The molecule has 1 aromatic carbocycles. The molecule has 0 unspecified atom stereocenters. The first kappa shape index (κ1) is 21.2. The molecule has 0 radical (unpaired) electrons. The number of carbonyl (C=O) groups excluding carboxylic acids is 1. The van der Waals surface area contributed by atoms with Crippen LogP contribution in [0.25, 0.3) is 0 Å². The topological polar surface area (TPSA) is 194 Å². The van der Waals surface area contributed by atoms with Gasteiger partial charge in [-0.25, -0.2) is 4.79 Å². The first-order valence-electron chi connectivity index (χ1n) is 10.1. The number of carbonyl (C=O) groups is 1. The molecule has 166 valence electrons. The number of hydrogen-bond donors (Lipinski definition) is 4. The van der Waals surface area contributed by atoms with Gasteiger partial charge in [-0.05, 0) is 49.9 Å². The van der Waals surface area contributed by atoms with Crippen molar-refractivity contribution in [2.75, 3.05) is 29.6 Å². The molecule has 4 rings (SSSR count). The van der Waals surface area contributed by atoms with Crippen molar-refractivity contribution in [2.24, 2.45) is 0 Å². The molecule has 0 saturated heterocycles. The Morgan fingerprint density at radius 2 is 1.31 bits per heavy atom. The van der Waals surface area contributed by atoms with E-state index in [4.69, 9.17) is 21.9 Å². The molecule has 1 aliphatic carbocycles. The van der Waals surface area contributed by atoms with E-state index in [1.807, 2.05) is 0 Å². The summed E-state index contributed by atoms with van der Waals surface area (Å²) in [6, 6.07) is 6.79. The zero-order valence-corrected chi connectivity index (χ0v) is 17.5. The molecular weight excluding hydrogens is 412 g/mol. The fourth-order valence-corrected chi connectivity index (χ4v) is 3.80. The fourth-order valence-electron chi connectivity index (χ4n) is 3.80. The summed E-state index contributed by atoms with van der Waals surface area (Å²) in [5, 5.41) is 3.11. The Hall–Kier alpha value is -4.09. The molecule has 12 heteroatoms. The number of rotatable bonds is 5. The van der Waals surface area contributed by atoms with E-state index in [1.165, 1.54) is 7.11 Å². The average Bonchev–Trinajstić information content (AvgIpc) is 2.78. The number of methoxy groups -OCH3 is 1. The second-order valence-corrected chi connectivity index (χ2v) is 7.53. The number of ether oxygens (including phenoxy) is 1. The largest absolute Gasteiger partial charge is 0.465 e. The molecule has 0 aliphatic heterocycles. The van der Waals surface area contributed by atoms with E-state index >= 15 is 0 Å². The minimum Gasteiger partial charge on any atom is -0.465 e. The van der Waals surface area contributed by atoms with Crippen LogP contribution in [0.1, 0.15) is 59.5 Å². The number of nitrogens with one attached hydrogen (secondary N) is 1. The zero-order valence-electron chi connectivity index (χ0n) is 17.5. The van der Waals surface area contributed by atoms with Crippen LogP contribution >= 0.6 is 0 Å². The number of aromatic nitrogens is 6. The van der Waals surface area contributed by atoms with Crippen molar-refractivity contribution in [1.82, 2.24) is 29.9 Å². The molecule has 0 bridgehead atoms. The lowest BCUT2D eigenvalue weighted by Gasteiger charge is -2.26. The molecule has 1 aliphatic rings. The van der Waals surface area contributed by atoms with Crippen LogP contribution in [0.2, 0.25) is 0 Å². The molecule has 1 saturated carbocycles. The van der Waals surface area contributed by atoms with Crippen LogP contribution in [0.4, 0.5) is 29.5 Å². The summed E-state index contributed by atoms with van der Waals surface area (Å²) in [7, 11) is 1.34. The highest BCUT2D eigenvalue weighted by Crippen LogP contribution is 2.38. The molecule has 32 heavy (non-hydrogen) atoms. The monoisotopic (exact) mass is 436 g/mol. The predicted octanol–water partition coefficient (Wildman–Crippen LogP) is 1.77. The number of hydrogen-bond acceptors (Lipinski definition) is 12. The van der Waals surface area contributed by atoms with Gasteiger partial charge in [-0.3, -0.25) is 0 Å². The van der Waals surface area contributed by atoms with Gasteiger partial charge in [0.15, 0.2) is 0 Å². The Morgan fingerprint density at radius 3 is 1.84 bits per heavy atom. The van der Waals surface area contributed by atoms with Crippen molar-refractivity contribution in [3.8, 4) is 0 Å². The van der Waals surface area contributed by atoms with Crippen LogP contribution in [0.5, 0.6) is 0 Å². The van der Waals surface area contributed by atoms with Crippen LogP contribution in [-0.2, 0) is 4.74 Å². The van der Waals surface area contributed by atoms with Gasteiger partial charge in [-0.1, -0.05) is 0 Å². The maximum absolute atomic E-state index is 11.6. The van der Waals surface area contributed by atoms with Gasteiger partial charge in [0.1, 0.15) is 11.6 Å². The van der Waals surface area contributed by atoms with Gasteiger partial charge in [0.05, 0.1) is 12.7 Å². The van der Waals surface area contributed by atoms with Crippen molar-refractivity contribution >= 4 is 35.5 Å². The summed E-state index contributed by atoms with van der Waals surface area (Å²) in [5.41, 5.74) is 18.5. The molecule has 2 aromatic heterocycles. The van der Waals surface area contributed by atoms with Gasteiger partial charge in [-0.2, -0.15) is 29.9 Å². The van der Waals surface area contributed by atoms with Crippen molar-refractivity contribution in [3.63, 3.8) is 0 Å². The third-order valence-corrected chi connectivity index (χ3v) is 5.38. The van der Waals surface area contributed by atoms with Crippen LogP contribution in [0.3, 0.4) is 0 Å². The third kappa shape index (κ3) is 4.79. The Kier molecular flexibility index (Phi) is 5.92. The van der Waals surface area contributed by atoms with Gasteiger partial charge in [0.25, 0.3) is 0 Å². The van der Waals surface area contributed by atoms with E-state index in [0.29, 0.717) is 28.8 Å². The minimum atomic E-state index is -0.401. The summed E-state index contributed by atoms with van der Waals surface area (Å²) in [6.07, 6.45) is 3.37. The van der Waals surface area contributed by atoms with E-state index in [2.05, 4.69) is 35.2 Å². The predicted molar refractivity (Wildman–Crippen MR) is 118 cm³/mol. The minimum absolute atomic E-state index is 0.134. The highest BCUT2D eigenvalue weighted by atomic mass is 16.5. The summed E-state index contributed by atoms with van der Waals surface area (Å²) < 4.78 is 4.71. The van der Waals surface area contributed by atoms with Gasteiger partial charge >= 0.3 is 5.97 Å². The Labute approximate surface area is 184 Å². The third-order valence-electron chi connectivity index (χ3n) is 5.38. The molecule has 0 spiro atoms. The zero-order chi connectivity index (χ0) is 22.7. The highest BCUT2D eigenvalue weighted by Gasteiger charge is 2.28. The van der Waals surface area contributed by atoms with Crippen LogP contribution in [0, 0.1) is 0 Å². The fraction of sp³-hybridized carbons (Fsp3) is 0.350. The van der Waals surface area contributed by atoms with E-state index in [0.717, 1.165) is 25.7 Å². The van der Waals surface area contributed by atoms with Gasteiger partial charge in [-0.15, -0.1) is 0 Å². The normalized spacial score (nSPS) is 18.2. The number of nitrogens with two attached hydrogens (primary N) is 3. The van der Waals surface area contributed by atoms with Gasteiger partial charge in [0.2, 0.25) is 23.8 Å². The Bertz CT molecular complexity index is 1090. The summed E-state index contributed by atoms with van der Waals surface area (Å²) in [6.45, 7) is 0. The lowest BCUT2D eigenvalue weighted by atomic mass is 9.81. The second-order valence-electron chi connectivity index (χ2n) is 7.53. The first-order chi connectivity index (χ1) is 15.4. The smallest absolute Gasteiger partial charge is 0.337 e. The van der Waals surface area contributed by atoms with E-state index in [9.17, 15) is 4.79 Å². The molecule has 12 nitrogen and oxygen atoms in total. The molecule has 1 fully saturated rings. The molecule has 2 heterocycles. The Balaban J connectivity index is 1.44. The summed E-state index contributed by atoms with van der Waals surface area (Å²) in [5.74, 6) is 1.91. The summed E-state index contributed by atoms with van der Waals surface area (Å²) >= 11 is 0. The first-order valence-corrected chi connectivity index (χ1v) is 10.1. The summed E-state index contributed by atoms with van der Waals surface area (Å²) in [4.78, 5) is 37.0. The average molecular weight is 436 g/mol. The SMILES string of the molecule is COC(=O)c1ccc(Nc2nc(N)nc(C3CCC(c4nc(N)nc(N)n4)CC3)n2)cc1. The van der Waals surface area contributed by atoms with Crippen LogP contribution < -0.4 is 22.5 Å². The molecule has 0 amide bonds. The quantitative estimate of drug-likeness (QED) is 0.424. The lowest BCUT2D eigenvalue weighted by Crippen LogP contribution is -2.19. The second kappa shape index (κ2) is 8.96. The van der Waals surface area contributed by atoms with Crippen molar-refractivity contribution < 1.29 is 9.53 Å². The molecule has 0 atom stereocenters. The molecular formula is C20H24N10O2. The number of anilines is 5. The van der Waals surface area contributed by atoms with Gasteiger partial charge in [0, 0.05) is 17.5 Å². The number of benzene rings is 1. The lowest BCUT2D eigenvalue weighted by molar-refractivity contribution is 0.0601. The highest BCUT2D eigenvalue weighted by molar-refractivity contribution is 5.89. The van der Waals surface area contributed by atoms with E-state index < -0.39 is 5.97 Å². The van der Waals surface area contributed by atoms with E-state index in [1.54, 1.807) is 24.3 Å². The van der Waals surface area contributed by atoms with Gasteiger partial charge < -0.3 is 27.3 Å². The molecule has 7 N–H and O–H groups in total. The standard InChI is InChI=1S/C20H24N10O2/c1-32-16(31)12-6-8-13(9-7-12)24-20-28-15(27-19(23)30-20)11-4-2-10(3-5-11)14-25-17(21)29-18(22)26-14/h6-11H,2-5H2,1H3,(H4,21,22,25,26,29)(H3,23,24,27,28,30). The van der Waals surface area contributed by atoms with Crippen molar-refractivity contribution in [1.29, 1.82) is 0 Å².